The summed E-state index contributed by atoms with van der Waals surface area (Å²) in [4.78, 5) is 12.2. The molecule has 1 aromatic carbocycles. The summed E-state index contributed by atoms with van der Waals surface area (Å²) in [7, 11) is 0. The zero-order chi connectivity index (χ0) is 16.1. The molecule has 0 unspecified atom stereocenters. The van der Waals surface area contributed by atoms with Crippen molar-refractivity contribution in [2.75, 3.05) is 5.32 Å². The molecule has 1 aliphatic carbocycles. The second-order valence-corrected chi connectivity index (χ2v) is 7.06. The highest BCUT2D eigenvalue weighted by Crippen LogP contribution is 2.29. The lowest BCUT2D eigenvalue weighted by Gasteiger charge is -2.36. The zero-order valence-electron chi connectivity index (χ0n) is 14.4. The number of aryl methyl sites for hydroxylation is 1. The Morgan fingerprint density at radius 1 is 1.32 bits per heavy atom. The first-order chi connectivity index (χ1) is 10.5. The number of rotatable bonds is 5. The fraction of sp³-hybridized carbons (Fsp3) is 0.632. The van der Waals surface area contributed by atoms with Gasteiger partial charge in [-0.05, 0) is 49.8 Å². The van der Waals surface area contributed by atoms with Gasteiger partial charge in [-0.3, -0.25) is 4.79 Å². The predicted molar refractivity (Wildman–Crippen MR) is 93.0 cm³/mol. The maximum atomic E-state index is 12.2. The fourth-order valence-electron chi connectivity index (χ4n) is 3.45. The molecule has 3 nitrogen and oxygen atoms in total. The molecule has 2 N–H and O–H groups in total. The number of amides is 1. The number of anilines is 1. The van der Waals surface area contributed by atoms with Crippen LogP contribution < -0.4 is 10.6 Å². The number of carbonyl (C=O) groups excluding carboxylic acids is 1. The Bertz CT molecular complexity index is 500. The van der Waals surface area contributed by atoms with E-state index in [4.69, 9.17) is 0 Å². The number of hydrogen-bond acceptors (Lipinski definition) is 2. The normalized spacial score (nSPS) is 26.5. The lowest BCUT2D eigenvalue weighted by Crippen LogP contribution is -2.45. The van der Waals surface area contributed by atoms with Gasteiger partial charge in [0, 0.05) is 24.2 Å². The number of nitrogens with one attached hydrogen (secondary N) is 2. The largest absolute Gasteiger partial charge is 0.326 e. The summed E-state index contributed by atoms with van der Waals surface area (Å²) in [6.07, 6.45) is 4.38. The van der Waals surface area contributed by atoms with Crippen LogP contribution in [0, 0.1) is 18.8 Å². The van der Waals surface area contributed by atoms with Gasteiger partial charge in [0.1, 0.15) is 0 Å². The monoisotopic (exact) mass is 302 g/mol. The highest BCUT2D eigenvalue weighted by Gasteiger charge is 2.28. The topological polar surface area (TPSA) is 41.1 Å². The molecule has 3 heteroatoms. The summed E-state index contributed by atoms with van der Waals surface area (Å²) in [5.41, 5.74) is 2.05. The quantitative estimate of drug-likeness (QED) is 0.859. The molecule has 1 fully saturated rings. The summed E-state index contributed by atoms with van der Waals surface area (Å²) in [5, 5.41) is 6.66. The number of hydrogen-bond donors (Lipinski definition) is 2. The summed E-state index contributed by atoms with van der Waals surface area (Å²) in [6, 6.07) is 8.70. The van der Waals surface area contributed by atoms with Crippen LogP contribution in [0.25, 0.3) is 0 Å². The van der Waals surface area contributed by atoms with E-state index in [2.05, 4.69) is 31.4 Å². The average Bonchev–Trinajstić information content (AvgIpc) is 2.43. The van der Waals surface area contributed by atoms with Crippen LogP contribution in [0.15, 0.2) is 24.3 Å². The van der Waals surface area contributed by atoms with Gasteiger partial charge in [-0.1, -0.05) is 38.8 Å². The van der Waals surface area contributed by atoms with E-state index in [-0.39, 0.29) is 11.9 Å². The first-order valence-corrected chi connectivity index (χ1v) is 8.58. The van der Waals surface area contributed by atoms with Gasteiger partial charge in [0.15, 0.2) is 0 Å². The molecule has 1 amide bonds. The van der Waals surface area contributed by atoms with Crippen LogP contribution in [-0.4, -0.2) is 18.0 Å². The molecule has 2 rings (SSSR count). The minimum Gasteiger partial charge on any atom is -0.326 e. The smallest absolute Gasteiger partial charge is 0.225 e. The minimum absolute atomic E-state index is 0.0853. The van der Waals surface area contributed by atoms with Gasteiger partial charge in [0.2, 0.25) is 5.91 Å². The van der Waals surface area contributed by atoms with E-state index < -0.39 is 0 Å². The molecule has 0 heterocycles. The van der Waals surface area contributed by atoms with E-state index in [1.807, 2.05) is 31.2 Å². The SMILES string of the molecule is Cc1cccc(NC(=O)C[C@H](C)N[C@@H]2CCC[C@H](C)[C@@H]2C)c1. The average molecular weight is 302 g/mol. The number of carbonyl (C=O) groups is 1. The third kappa shape index (κ3) is 4.84. The van der Waals surface area contributed by atoms with Gasteiger partial charge in [0.05, 0.1) is 0 Å². The Balaban J connectivity index is 1.81. The van der Waals surface area contributed by atoms with Crippen LogP contribution in [0.4, 0.5) is 5.69 Å². The summed E-state index contributed by atoms with van der Waals surface area (Å²) >= 11 is 0. The molecule has 1 aromatic rings. The van der Waals surface area contributed by atoms with Gasteiger partial charge >= 0.3 is 0 Å². The van der Waals surface area contributed by atoms with Gasteiger partial charge in [-0.25, -0.2) is 0 Å². The molecular weight excluding hydrogens is 272 g/mol. The second-order valence-electron chi connectivity index (χ2n) is 7.06. The Morgan fingerprint density at radius 2 is 2.09 bits per heavy atom. The van der Waals surface area contributed by atoms with E-state index in [1.54, 1.807) is 0 Å². The molecule has 0 spiro atoms. The second kappa shape index (κ2) is 7.77. The molecule has 0 radical (unpaired) electrons. The molecule has 4 atom stereocenters. The minimum atomic E-state index is 0.0853. The van der Waals surface area contributed by atoms with Gasteiger partial charge < -0.3 is 10.6 Å². The lowest BCUT2D eigenvalue weighted by molar-refractivity contribution is -0.116. The van der Waals surface area contributed by atoms with Crippen molar-refractivity contribution in [3.63, 3.8) is 0 Å². The van der Waals surface area contributed by atoms with Crippen molar-refractivity contribution in [3.05, 3.63) is 29.8 Å². The fourth-order valence-corrected chi connectivity index (χ4v) is 3.45. The molecule has 1 saturated carbocycles. The van der Waals surface area contributed by atoms with Crippen LogP contribution in [0.2, 0.25) is 0 Å². The van der Waals surface area contributed by atoms with Crippen LogP contribution in [-0.2, 0) is 4.79 Å². The molecule has 122 valence electrons. The van der Waals surface area contributed by atoms with E-state index in [9.17, 15) is 4.79 Å². The summed E-state index contributed by atoms with van der Waals surface area (Å²) in [6.45, 7) is 8.82. The van der Waals surface area contributed by atoms with Gasteiger partial charge in [-0.15, -0.1) is 0 Å². The van der Waals surface area contributed by atoms with E-state index >= 15 is 0 Å². The van der Waals surface area contributed by atoms with Crippen molar-refractivity contribution in [2.24, 2.45) is 11.8 Å². The van der Waals surface area contributed by atoms with Crippen molar-refractivity contribution in [1.82, 2.24) is 5.32 Å². The van der Waals surface area contributed by atoms with Crippen LogP contribution in [0.3, 0.4) is 0 Å². The van der Waals surface area contributed by atoms with Crippen molar-refractivity contribution in [3.8, 4) is 0 Å². The van der Waals surface area contributed by atoms with Gasteiger partial charge in [0.25, 0.3) is 0 Å². The van der Waals surface area contributed by atoms with Gasteiger partial charge in [-0.2, -0.15) is 0 Å². The first kappa shape index (κ1) is 17.0. The third-order valence-electron chi connectivity index (χ3n) is 5.00. The molecule has 0 saturated heterocycles. The zero-order valence-corrected chi connectivity index (χ0v) is 14.4. The molecule has 1 aliphatic rings. The summed E-state index contributed by atoms with van der Waals surface area (Å²) < 4.78 is 0. The Morgan fingerprint density at radius 3 is 2.82 bits per heavy atom. The van der Waals surface area contributed by atoms with Crippen molar-refractivity contribution >= 4 is 11.6 Å². The molecule has 22 heavy (non-hydrogen) atoms. The van der Waals surface area contributed by atoms with Crippen LogP contribution in [0.5, 0.6) is 0 Å². The van der Waals surface area contributed by atoms with E-state index in [1.165, 1.54) is 19.3 Å². The molecule has 0 bridgehead atoms. The van der Waals surface area contributed by atoms with Crippen molar-refractivity contribution < 1.29 is 4.79 Å². The standard InChI is InChI=1S/C19H30N2O/c1-13-7-5-9-17(11-13)21-19(22)12-15(3)20-18-10-6-8-14(2)16(18)4/h5,7,9,11,14-16,18,20H,6,8,10,12H2,1-4H3,(H,21,22)/t14-,15-,16-,18+/m0/s1. The lowest BCUT2D eigenvalue weighted by atomic mass is 9.78. The molecule has 0 aromatic heterocycles. The number of benzene rings is 1. The predicted octanol–water partition coefficient (Wildman–Crippen LogP) is 4.13. The van der Waals surface area contributed by atoms with Crippen LogP contribution >= 0.6 is 0 Å². The van der Waals surface area contributed by atoms with E-state index in [0.29, 0.717) is 18.4 Å². The summed E-state index contributed by atoms with van der Waals surface area (Å²) in [5.74, 6) is 1.55. The third-order valence-corrected chi connectivity index (χ3v) is 5.00. The Kier molecular flexibility index (Phi) is 6.01. The first-order valence-electron chi connectivity index (χ1n) is 8.58. The van der Waals surface area contributed by atoms with Crippen molar-refractivity contribution in [2.45, 2.75) is 65.5 Å². The maximum absolute atomic E-state index is 12.2. The van der Waals surface area contributed by atoms with Crippen LogP contribution in [0.1, 0.15) is 52.0 Å². The maximum Gasteiger partial charge on any atom is 0.225 e. The Hall–Kier alpha value is -1.35. The van der Waals surface area contributed by atoms with E-state index in [0.717, 1.165) is 17.2 Å². The Labute approximate surface area is 134 Å². The molecular formula is C19H30N2O. The highest BCUT2D eigenvalue weighted by atomic mass is 16.1. The molecule has 0 aliphatic heterocycles. The van der Waals surface area contributed by atoms with Crippen molar-refractivity contribution in [1.29, 1.82) is 0 Å². The highest BCUT2D eigenvalue weighted by molar-refractivity contribution is 5.91.